The Bertz CT molecular complexity index is 312. The van der Waals surface area contributed by atoms with Crippen molar-refractivity contribution in [1.82, 2.24) is 4.98 Å². The number of hydrogen-bond acceptors (Lipinski definition) is 3. The minimum Gasteiger partial charge on any atom is -0.396 e. The number of rotatable bonds is 3. The Morgan fingerprint density at radius 2 is 2.14 bits per heavy atom. The average molecular weight is 214 g/mol. The van der Waals surface area contributed by atoms with E-state index in [1.807, 2.05) is 0 Å². The van der Waals surface area contributed by atoms with E-state index in [1.54, 1.807) is 12.1 Å². The molecule has 0 unspecified atom stereocenters. The molecular weight excluding hydrogens is 198 g/mol. The standard InChI is InChI=1S/C10H16ClN3/c1-4-14(7(2)3)10-8(12)5-6-9(11)13-10/h5-7H,4,12H2,1-3H3. The van der Waals surface area contributed by atoms with E-state index in [9.17, 15) is 0 Å². The van der Waals surface area contributed by atoms with Gasteiger partial charge in [-0.3, -0.25) is 0 Å². The summed E-state index contributed by atoms with van der Waals surface area (Å²) in [5, 5.41) is 0.480. The zero-order valence-corrected chi connectivity index (χ0v) is 9.54. The summed E-state index contributed by atoms with van der Waals surface area (Å²) in [6.07, 6.45) is 0. The van der Waals surface area contributed by atoms with Crippen molar-refractivity contribution >= 4 is 23.1 Å². The van der Waals surface area contributed by atoms with Crippen LogP contribution in [-0.4, -0.2) is 17.6 Å². The summed E-state index contributed by atoms with van der Waals surface area (Å²) in [7, 11) is 0. The zero-order chi connectivity index (χ0) is 10.7. The molecular formula is C10H16ClN3. The van der Waals surface area contributed by atoms with Gasteiger partial charge >= 0.3 is 0 Å². The van der Waals surface area contributed by atoms with Gasteiger partial charge in [-0.25, -0.2) is 4.98 Å². The summed E-state index contributed by atoms with van der Waals surface area (Å²) in [5.74, 6) is 0.773. The van der Waals surface area contributed by atoms with Crippen molar-refractivity contribution in [3.05, 3.63) is 17.3 Å². The van der Waals surface area contributed by atoms with Gasteiger partial charge in [0.1, 0.15) is 5.15 Å². The molecule has 3 nitrogen and oxygen atoms in total. The van der Waals surface area contributed by atoms with Crippen LogP contribution in [0.2, 0.25) is 5.15 Å². The topological polar surface area (TPSA) is 42.2 Å². The lowest BCUT2D eigenvalue weighted by molar-refractivity contribution is 0.695. The van der Waals surface area contributed by atoms with Crippen molar-refractivity contribution in [2.45, 2.75) is 26.8 Å². The molecule has 0 radical (unpaired) electrons. The number of pyridine rings is 1. The van der Waals surface area contributed by atoms with E-state index in [0.29, 0.717) is 16.9 Å². The van der Waals surface area contributed by atoms with Gasteiger partial charge in [0.2, 0.25) is 0 Å². The van der Waals surface area contributed by atoms with Crippen LogP contribution in [0.25, 0.3) is 0 Å². The summed E-state index contributed by atoms with van der Waals surface area (Å²) in [6, 6.07) is 3.86. The minimum absolute atomic E-state index is 0.369. The molecule has 2 N–H and O–H groups in total. The largest absolute Gasteiger partial charge is 0.396 e. The van der Waals surface area contributed by atoms with Crippen LogP contribution >= 0.6 is 11.6 Å². The molecule has 0 saturated carbocycles. The van der Waals surface area contributed by atoms with Crippen LogP contribution in [-0.2, 0) is 0 Å². The molecule has 0 aliphatic rings. The van der Waals surface area contributed by atoms with Gasteiger partial charge in [0.15, 0.2) is 5.82 Å². The highest BCUT2D eigenvalue weighted by molar-refractivity contribution is 6.29. The lowest BCUT2D eigenvalue weighted by Gasteiger charge is -2.27. The lowest BCUT2D eigenvalue weighted by Crippen LogP contribution is -2.31. The molecule has 0 aromatic carbocycles. The fourth-order valence-electron chi connectivity index (χ4n) is 1.43. The van der Waals surface area contributed by atoms with Crippen LogP contribution in [0.5, 0.6) is 0 Å². The third kappa shape index (κ3) is 2.29. The van der Waals surface area contributed by atoms with Crippen LogP contribution in [0.4, 0.5) is 11.5 Å². The maximum atomic E-state index is 5.84. The van der Waals surface area contributed by atoms with Gasteiger partial charge in [-0.15, -0.1) is 0 Å². The number of nitrogens with zero attached hydrogens (tertiary/aromatic N) is 2. The van der Waals surface area contributed by atoms with E-state index in [4.69, 9.17) is 17.3 Å². The van der Waals surface area contributed by atoms with Gasteiger partial charge in [-0.05, 0) is 32.9 Å². The van der Waals surface area contributed by atoms with E-state index >= 15 is 0 Å². The number of nitrogens with two attached hydrogens (primary N) is 1. The molecule has 0 aliphatic carbocycles. The SMILES string of the molecule is CCN(c1nc(Cl)ccc1N)C(C)C. The van der Waals surface area contributed by atoms with E-state index in [2.05, 4.69) is 30.7 Å². The number of aromatic nitrogens is 1. The van der Waals surface area contributed by atoms with E-state index in [1.165, 1.54) is 0 Å². The second-order valence-electron chi connectivity index (χ2n) is 3.43. The summed E-state index contributed by atoms with van der Waals surface area (Å²) in [5.41, 5.74) is 6.51. The molecule has 1 rings (SSSR count). The monoisotopic (exact) mass is 213 g/mol. The highest BCUT2D eigenvalue weighted by atomic mass is 35.5. The van der Waals surface area contributed by atoms with Gasteiger partial charge in [0.05, 0.1) is 5.69 Å². The highest BCUT2D eigenvalue weighted by Crippen LogP contribution is 2.24. The zero-order valence-electron chi connectivity index (χ0n) is 8.79. The predicted molar refractivity (Wildman–Crippen MR) is 61.8 cm³/mol. The fourth-order valence-corrected chi connectivity index (χ4v) is 1.57. The van der Waals surface area contributed by atoms with Crippen molar-refractivity contribution in [1.29, 1.82) is 0 Å². The summed E-state index contributed by atoms with van der Waals surface area (Å²) in [4.78, 5) is 6.34. The Hall–Kier alpha value is -0.960. The van der Waals surface area contributed by atoms with Gasteiger partial charge in [-0.2, -0.15) is 0 Å². The first-order chi connectivity index (χ1) is 6.56. The fraction of sp³-hybridized carbons (Fsp3) is 0.500. The normalized spacial score (nSPS) is 10.6. The van der Waals surface area contributed by atoms with E-state index in [-0.39, 0.29) is 0 Å². The Labute approximate surface area is 89.9 Å². The number of nitrogen functional groups attached to an aromatic ring is 1. The minimum atomic E-state index is 0.369. The van der Waals surface area contributed by atoms with E-state index < -0.39 is 0 Å². The van der Waals surface area contributed by atoms with E-state index in [0.717, 1.165) is 12.4 Å². The Balaban J connectivity index is 3.08. The molecule has 78 valence electrons. The van der Waals surface area contributed by atoms with Crippen molar-refractivity contribution in [2.24, 2.45) is 0 Å². The van der Waals surface area contributed by atoms with Crippen molar-refractivity contribution in [3.8, 4) is 0 Å². The molecule has 0 saturated heterocycles. The van der Waals surface area contributed by atoms with Crippen LogP contribution in [0.1, 0.15) is 20.8 Å². The maximum absolute atomic E-state index is 5.84. The number of halogens is 1. The molecule has 0 fully saturated rings. The average Bonchev–Trinajstić information content (AvgIpc) is 2.11. The molecule has 1 aromatic heterocycles. The van der Waals surface area contributed by atoms with Crippen molar-refractivity contribution < 1.29 is 0 Å². The molecule has 0 aliphatic heterocycles. The van der Waals surface area contributed by atoms with Gasteiger partial charge in [-0.1, -0.05) is 11.6 Å². The van der Waals surface area contributed by atoms with Gasteiger partial charge in [0, 0.05) is 12.6 Å². The maximum Gasteiger partial charge on any atom is 0.153 e. The predicted octanol–water partition coefficient (Wildman–Crippen LogP) is 2.55. The molecule has 0 bridgehead atoms. The summed E-state index contributed by atoms with van der Waals surface area (Å²) >= 11 is 5.83. The lowest BCUT2D eigenvalue weighted by atomic mass is 10.3. The first-order valence-corrected chi connectivity index (χ1v) is 5.12. The number of anilines is 2. The molecule has 0 atom stereocenters. The third-order valence-electron chi connectivity index (χ3n) is 2.11. The van der Waals surface area contributed by atoms with Gasteiger partial charge < -0.3 is 10.6 Å². The Kier molecular flexibility index (Phi) is 3.58. The molecule has 14 heavy (non-hydrogen) atoms. The first kappa shape index (κ1) is 11.1. The van der Waals surface area contributed by atoms with Crippen molar-refractivity contribution in [2.75, 3.05) is 17.2 Å². The highest BCUT2D eigenvalue weighted by Gasteiger charge is 2.13. The smallest absolute Gasteiger partial charge is 0.153 e. The second kappa shape index (κ2) is 4.51. The molecule has 1 aromatic rings. The summed E-state index contributed by atoms with van der Waals surface area (Å²) < 4.78 is 0. The molecule has 4 heteroatoms. The molecule has 1 heterocycles. The quantitative estimate of drug-likeness (QED) is 0.785. The molecule has 0 spiro atoms. The third-order valence-corrected chi connectivity index (χ3v) is 2.32. The van der Waals surface area contributed by atoms with Crippen LogP contribution in [0.3, 0.4) is 0 Å². The summed E-state index contributed by atoms with van der Waals surface area (Å²) in [6.45, 7) is 7.15. The number of hydrogen-bond donors (Lipinski definition) is 1. The van der Waals surface area contributed by atoms with Crippen LogP contribution < -0.4 is 10.6 Å². The second-order valence-corrected chi connectivity index (χ2v) is 3.81. The Morgan fingerprint density at radius 1 is 1.50 bits per heavy atom. The first-order valence-electron chi connectivity index (χ1n) is 4.75. The Morgan fingerprint density at radius 3 is 2.64 bits per heavy atom. The van der Waals surface area contributed by atoms with Crippen molar-refractivity contribution in [3.63, 3.8) is 0 Å². The van der Waals surface area contributed by atoms with Crippen LogP contribution in [0, 0.1) is 0 Å². The van der Waals surface area contributed by atoms with Crippen LogP contribution in [0.15, 0.2) is 12.1 Å². The van der Waals surface area contributed by atoms with Gasteiger partial charge in [0.25, 0.3) is 0 Å². The molecule has 0 amide bonds.